The molecule has 0 aliphatic carbocycles. The molecule has 0 saturated heterocycles. The van der Waals surface area contributed by atoms with E-state index in [0.29, 0.717) is 52.4 Å². The lowest BCUT2D eigenvalue weighted by Crippen LogP contribution is -2.33. The monoisotopic (exact) mass is 530 g/mol. The Labute approximate surface area is 228 Å². The van der Waals surface area contributed by atoms with Gasteiger partial charge in [-0.05, 0) is 51.8 Å². The molecule has 8 heteroatoms. The van der Waals surface area contributed by atoms with Crippen LogP contribution in [0.25, 0.3) is 11.3 Å². The van der Waals surface area contributed by atoms with E-state index < -0.39 is 17.9 Å². The molecule has 204 valence electrons. The number of benzene rings is 2. The maximum atomic E-state index is 13.4. The zero-order valence-electron chi connectivity index (χ0n) is 23.0. The number of rotatable bonds is 10. The second-order valence-corrected chi connectivity index (χ2v) is 9.16. The lowest BCUT2D eigenvalue weighted by molar-refractivity contribution is -0.139. The highest BCUT2D eigenvalue weighted by molar-refractivity contribution is 6.00. The molecular weight excluding hydrogens is 496 g/mol. The first kappa shape index (κ1) is 27.7. The summed E-state index contributed by atoms with van der Waals surface area (Å²) in [5.74, 6) is -0.486. The maximum Gasteiger partial charge on any atom is 0.336 e. The molecule has 0 fully saturated rings. The third-order valence-corrected chi connectivity index (χ3v) is 6.66. The number of aromatic nitrogens is 1. The zero-order chi connectivity index (χ0) is 27.9. The highest BCUT2D eigenvalue weighted by atomic mass is 16.5. The minimum absolute atomic E-state index is 0.192. The molecule has 0 spiro atoms. The topological polar surface area (TPSA) is 99.9 Å². The summed E-state index contributed by atoms with van der Waals surface area (Å²) in [6.45, 7) is 7.49. The fourth-order valence-corrected chi connectivity index (χ4v) is 4.94. The molecule has 0 amide bonds. The van der Waals surface area contributed by atoms with Crippen molar-refractivity contribution in [1.29, 1.82) is 0 Å². The lowest BCUT2D eigenvalue weighted by atomic mass is 9.78. The van der Waals surface area contributed by atoms with Gasteiger partial charge in [-0.1, -0.05) is 47.6 Å². The first-order chi connectivity index (χ1) is 18.9. The molecule has 3 aromatic rings. The summed E-state index contributed by atoms with van der Waals surface area (Å²) in [7, 11) is 1.63. The van der Waals surface area contributed by atoms with Crippen LogP contribution in [0.15, 0.2) is 81.7 Å². The van der Waals surface area contributed by atoms with Crippen molar-refractivity contribution in [3.8, 4) is 17.0 Å². The molecule has 0 radical (unpaired) electrons. The standard InChI is InChI=1S/C31H34N2O6/c1-6-37-30(34)25-19(3)32-20(4)26(31(35)38-7-2)28(25)27-24(17-16-21-12-11-15-23(18-21)36-5)39-33-29(27)22-13-9-8-10-14-22/h8-15,18,28,32H,6-7,16-17H2,1-5H3. The molecule has 4 rings (SSSR count). The van der Waals surface area contributed by atoms with Crippen molar-refractivity contribution in [2.75, 3.05) is 20.3 Å². The quantitative estimate of drug-likeness (QED) is 0.343. The summed E-state index contributed by atoms with van der Waals surface area (Å²) in [6, 6.07) is 17.4. The minimum atomic E-state index is -0.800. The summed E-state index contributed by atoms with van der Waals surface area (Å²) in [4.78, 5) is 26.8. The summed E-state index contributed by atoms with van der Waals surface area (Å²) in [5.41, 5.74) is 4.93. The van der Waals surface area contributed by atoms with Gasteiger partial charge >= 0.3 is 11.9 Å². The predicted octanol–water partition coefficient (Wildman–Crippen LogP) is 5.50. The predicted molar refractivity (Wildman–Crippen MR) is 147 cm³/mol. The Kier molecular flexibility index (Phi) is 8.86. The van der Waals surface area contributed by atoms with Crippen LogP contribution in [0, 0.1) is 0 Å². The molecule has 2 aromatic carbocycles. The Balaban J connectivity index is 1.91. The van der Waals surface area contributed by atoms with Gasteiger partial charge < -0.3 is 24.1 Å². The average molecular weight is 531 g/mol. The SMILES string of the molecule is CCOC(=O)C1=C(C)NC(C)=C(C(=O)OCC)C1c1c(-c2ccccc2)noc1CCc1cccc(OC)c1. The van der Waals surface area contributed by atoms with Gasteiger partial charge in [-0.25, -0.2) is 9.59 Å². The van der Waals surface area contributed by atoms with Crippen molar-refractivity contribution in [3.05, 3.63) is 94.0 Å². The average Bonchev–Trinajstić information content (AvgIpc) is 3.36. The molecule has 39 heavy (non-hydrogen) atoms. The van der Waals surface area contributed by atoms with E-state index in [9.17, 15) is 9.59 Å². The molecule has 1 aliphatic heterocycles. The molecule has 8 nitrogen and oxygen atoms in total. The molecule has 1 N–H and O–H groups in total. The minimum Gasteiger partial charge on any atom is -0.497 e. The van der Waals surface area contributed by atoms with Crippen molar-refractivity contribution >= 4 is 11.9 Å². The van der Waals surface area contributed by atoms with Gasteiger partial charge in [0.1, 0.15) is 17.2 Å². The Morgan fingerprint density at radius 1 is 0.897 bits per heavy atom. The van der Waals surface area contributed by atoms with Gasteiger partial charge in [-0.3, -0.25) is 0 Å². The number of ether oxygens (including phenoxy) is 3. The Bertz CT molecular complexity index is 1360. The van der Waals surface area contributed by atoms with Crippen LogP contribution in [0.4, 0.5) is 0 Å². The van der Waals surface area contributed by atoms with Crippen LogP contribution in [-0.4, -0.2) is 37.4 Å². The third kappa shape index (κ3) is 5.90. The van der Waals surface area contributed by atoms with E-state index in [1.165, 1.54) is 0 Å². The molecule has 1 aliphatic rings. The van der Waals surface area contributed by atoms with E-state index in [-0.39, 0.29) is 13.2 Å². The van der Waals surface area contributed by atoms with Crippen molar-refractivity contribution in [2.24, 2.45) is 0 Å². The molecule has 1 aromatic heterocycles. The first-order valence-corrected chi connectivity index (χ1v) is 13.1. The van der Waals surface area contributed by atoms with Crippen molar-refractivity contribution < 1.29 is 28.3 Å². The molecule has 0 unspecified atom stereocenters. The van der Waals surface area contributed by atoms with Crippen LogP contribution in [0.2, 0.25) is 0 Å². The van der Waals surface area contributed by atoms with Crippen molar-refractivity contribution in [2.45, 2.75) is 46.5 Å². The van der Waals surface area contributed by atoms with Gasteiger partial charge in [0, 0.05) is 28.9 Å². The Morgan fingerprint density at radius 2 is 1.54 bits per heavy atom. The number of allylic oxidation sites excluding steroid dienone is 2. The van der Waals surface area contributed by atoms with Crippen LogP contribution in [0.1, 0.15) is 50.5 Å². The van der Waals surface area contributed by atoms with E-state index in [2.05, 4.69) is 10.5 Å². The number of hydrogen-bond donors (Lipinski definition) is 1. The Morgan fingerprint density at radius 3 is 2.13 bits per heavy atom. The van der Waals surface area contributed by atoms with Crippen LogP contribution in [-0.2, 0) is 31.9 Å². The van der Waals surface area contributed by atoms with Crippen LogP contribution in [0.3, 0.4) is 0 Å². The summed E-state index contributed by atoms with van der Waals surface area (Å²) >= 11 is 0. The molecular formula is C31H34N2O6. The Hall–Kier alpha value is -4.33. The van der Waals surface area contributed by atoms with Crippen molar-refractivity contribution in [1.82, 2.24) is 10.5 Å². The number of aryl methyl sites for hydroxylation is 2. The van der Waals surface area contributed by atoms with Gasteiger partial charge in [-0.15, -0.1) is 0 Å². The normalized spacial score (nSPS) is 13.8. The fourth-order valence-electron chi connectivity index (χ4n) is 4.94. The van der Waals surface area contributed by atoms with E-state index >= 15 is 0 Å². The summed E-state index contributed by atoms with van der Waals surface area (Å²) in [5, 5.41) is 7.66. The second kappa shape index (κ2) is 12.5. The van der Waals surface area contributed by atoms with Gasteiger partial charge in [-0.2, -0.15) is 0 Å². The van der Waals surface area contributed by atoms with Gasteiger partial charge in [0.05, 0.1) is 37.4 Å². The van der Waals surface area contributed by atoms with E-state index in [1.54, 1.807) is 34.8 Å². The van der Waals surface area contributed by atoms with Gasteiger partial charge in [0.15, 0.2) is 0 Å². The smallest absolute Gasteiger partial charge is 0.336 e. The third-order valence-electron chi connectivity index (χ3n) is 6.66. The highest BCUT2D eigenvalue weighted by Gasteiger charge is 2.42. The number of esters is 2. The zero-order valence-corrected chi connectivity index (χ0v) is 23.0. The molecule has 0 saturated carbocycles. The number of nitrogens with zero attached hydrogens (tertiary/aromatic N) is 1. The molecule has 0 atom stereocenters. The van der Waals surface area contributed by atoms with Crippen LogP contribution < -0.4 is 10.1 Å². The summed E-state index contributed by atoms with van der Waals surface area (Å²) in [6.07, 6.45) is 1.12. The summed E-state index contributed by atoms with van der Waals surface area (Å²) < 4.78 is 22.3. The lowest BCUT2D eigenvalue weighted by Gasteiger charge is -2.30. The number of hydrogen-bond acceptors (Lipinski definition) is 8. The van der Waals surface area contributed by atoms with E-state index in [1.807, 2.05) is 54.6 Å². The van der Waals surface area contributed by atoms with Crippen molar-refractivity contribution in [3.63, 3.8) is 0 Å². The van der Waals surface area contributed by atoms with Crippen LogP contribution in [0.5, 0.6) is 5.75 Å². The second-order valence-electron chi connectivity index (χ2n) is 9.16. The number of carbonyl (C=O) groups excluding carboxylic acids is 2. The van der Waals surface area contributed by atoms with E-state index in [4.69, 9.17) is 18.7 Å². The molecule has 0 bridgehead atoms. The number of methoxy groups -OCH3 is 1. The number of carbonyl (C=O) groups is 2. The first-order valence-electron chi connectivity index (χ1n) is 13.1. The van der Waals surface area contributed by atoms with Crippen LogP contribution >= 0.6 is 0 Å². The van der Waals surface area contributed by atoms with Gasteiger partial charge in [0.2, 0.25) is 0 Å². The fraction of sp³-hybridized carbons (Fsp3) is 0.323. The highest BCUT2D eigenvalue weighted by Crippen LogP contribution is 2.44. The van der Waals surface area contributed by atoms with Gasteiger partial charge in [0.25, 0.3) is 0 Å². The maximum absolute atomic E-state index is 13.4. The number of nitrogens with one attached hydrogen (secondary N) is 1. The van der Waals surface area contributed by atoms with E-state index in [0.717, 1.165) is 16.9 Å². The molecule has 2 heterocycles. The number of dihydropyridines is 1. The largest absolute Gasteiger partial charge is 0.497 e.